The zero-order valence-electron chi connectivity index (χ0n) is 10.3. The number of ether oxygens (including phenoxy) is 2. The topological polar surface area (TPSA) is 35.5 Å². The van der Waals surface area contributed by atoms with Crippen LogP contribution in [0.3, 0.4) is 0 Å². The van der Waals surface area contributed by atoms with Crippen molar-refractivity contribution >= 4 is 21.9 Å². The molecule has 3 nitrogen and oxygen atoms in total. The van der Waals surface area contributed by atoms with E-state index in [9.17, 15) is 4.79 Å². The summed E-state index contributed by atoms with van der Waals surface area (Å²) in [5, 5.41) is 0. The molecule has 0 radical (unpaired) electrons. The zero-order valence-corrected chi connectivity index (χ0v) is 11.9. The monoisotopic (exact) mass is 300 g/mol. The number of halogens is 1. The Bertz CT molecular complexity index is 377. The molecule has 0 fully saturated rings. The van der Waals surface area contributed by atoms with Crippen molar-refractivity contribution in [2.45, 2.75) is 13.8 Å². The Morgan fingerprint density at radius 1 is 1.41 bits per heavy atom. The molecule has 0 bridgehead atoms. The Labute approximate surface area is 110 Å². The highest BCUT2D eigenvalue weighted by Crippen LogP contribution is 2.20. The van der Waals surface area contributed by atoms with Gasteiger partial charge in [0.15, 0.2) is 0 Å². The Hall–Kier alpha value is -1.03. The lowest BCUT2D eigenvalue weighted by Crippen LogP contribution is -2.27. The molecule has 1 unspecified atom stereocenters. The van der Waals surface area contributed by atoms with Gasteiger partial charge in [0.2, 0.25) is 0 Å². The second-order valence-corrected chi connectivity index (χ2v) is 5.06. The molecular weight excluding hydrogens is 284 g/mol. The van der Waals surface area contributed by atoms with E-state index < -0.39 is 0 Å². The van der Waals surface area contributed by atoms with Gasteiger partial charge in [0.1, 0.15) is 12.4 Å². The van der Waals surface area contributed by atoms with E-state index in [1.807, 2.05) is 38.1 Å². The Kier molecular flexibility index (Phi) is 5.48. The second kappa shape index (κ2) is 6.64. The van der Waals surface area contributed by atoms with Gasteiger partial charge in [-0.05, 0) is 24.1 Å². The average molecular weight is 301 g/mol. The van der Waals surface area contributed by atoms with E-state index in [1.54, 1.807) is 0 Å². The summed E-state index contributed by atoms with van der Waals surface area (Å²) in [6.45, 7) is 4.29. The van der Waals surface area contributed by atoms with E-state index in [1.165, 1.54) is 7.11 Å². The lowest BCUT2D eigenvalue weighted by molar-refractivity contribution is -0.148. The third-order valence-electron chi connectivity index (χ3n) is 2.53. The number of methoxy groups -OCH3 is 1. The van der Waals surface area contributed by atoms with Crippen LogP contribution in [0.5, 0.6) is 5.75 Å². The minimum Gasteiger partial charge on any atom is -0.493 e. The molecule has 0 N–H and O–H groups in total. The molecule has 0 saturated heterocycles. The van der Waals surface area contributed by atoms with E-state index in [0.717, 1.165) is 10.2 Å². The Morgan fingerprint density at radius 2 is 2.12 bits per heavy atom. The first-order valence-electron chi connectivity index (χ1n) is 5.50. The molecule has 1 aromatic carbocycles. The maximum atomic E-state index is 11.5. The summed E-state index contributed by atoms with van der Waals surface area (Å²) in [6, 6.07) is 7.54. The predicted molar refractivity (Wildman–Crippen MR) is 70.0 cm³/mol. The average Bonchev–Trinajstić information content (AvgIpc) is 2.28. The molecule has 0 spiro atoms. The third-order valence-corrected chi connectivity index (χ3v) is 3.03. The number of carbonyl (C=O) groups excluding carboxylic acids is 1. The number of rotatable bonds is 5. The van der Waals surface area contributed by atoms with Gasteiger partial charge in [0.25, 0.3) is 0 Å². The summed E-state index contributed by atoms with van der Waals surface area (Å²) in [5.74, 6) is 0.470. The third kappa shape index (κ3) is 4.38. The van der Waals surface area contributed by atoms with Crippen molar-refractivity contribution in [2.24, 2.45) is 11.8 Å². The van der Waals surface area contributed by atoms with Gasteiger partial charge in [-0.25, -0.2) is 0 Å². The van der Waals surface area contributed by atoms with Crippen molar-refractivity contribution < 1.29 is 14.3 Å². The van der Waals surface area contributed by atoms with Crippen LogP contribution in [-0.2, 0) is 9.53 Å². The lowest BCUT2D eigenvalue weighted by atomic mass is 9.97. The molecule has 94 valence electrons. The molecule has 0 saturated carbocycles. The summed E-state index contributed by atoms with van der Waals surface area (Å²) in [4.78, 5) is 11.5. The first-order valence-corrected chi connectivity index (χ1v) is 6.30. The van der Waals surface area contributed by atoms with Crippen LogP contribution in [-0.4, -0.2) is 19.7 Å². The molecule has 0 aliphatic carbocycles. The van der Waals surface area contributed by atoms with Crippen molar-refractivity contribution in [3.05, 3.63) is 28.7 Å². The van der Waals surface area contributed by atoms with Crippen molar-refractivity contribution in [1.29, 1.82) is 0 Å². The number of esters is 1. The van der Waals surface area contributed by atoms with Crippen LogP contribution < -0.4 is 4.74 Å². The molecular formula is C13H17BrO3. The zero-order chi connectivity index (χ0) is 12.8. The number of hydrogen-bond acceptors (Lipinski definition) is 3. The van der Waals surface area contributed by atoms with E-state index in [-0.39, 0.29) is 17.8 Å². The molecule has 0 amide bonds. The lowest BCUT2D eigenvalue weighted by Gasteiger charge is -2.18. The van der Waals surface area contributed by atoms with Crippen molar-refractivity contribution in [3.63, 3.8) is 0 Å². The second-order valence-electron chi connectivity index (χ2n) is 4.14. The minimum absolute atomic E-state index is 0.189. The van der Waals surface area contributed by atoms with Gasteiger partial charge in [0, 0.05) is 4.47 Å². The molecule has 0 aliphatic heterocycles. The van der Waals surface area contributed by atoms with E-state index >= 15 is 0 Å². The summed E-state index contributed by atoms with van der Waals surface area (Å²) >= 11 is 3.37. The van der Waals surface area contributed by atoms with Crippen molar-refractivity contribution in [1.82, 2.24) is 0 Å². The number of hydrogen-bond donors (Lipinski definition) is 0. The first-order chi connectivity index (χ1) is 8.04. The Morgan fingerprint density at radius 3 is 2.65 bits per heavy atom. The largest absolute Gasteiger partial charge is 0.493 e. The SMILES string of the molecule is COC(=O)C(COc1cccc(Br)c1)C(C)C. The highest BCUT2D eigenvalue weighted by Gasteiger charge is 2.23. The van der Waals surface area contributed by atoms with Crippen LogP contribution in [0.2, 0.25) is 0 Å². The molecule has 17 heavy (non-hydrogen) atoms. The summed E-state index contributed by atoms with van der Waals surface area (Å²) < 4.78 is 11.3. The molecule has 1 rings (SSSR count). The molecule has 0 aliphatic rings. The quantitative estimate of drug-likeness (QED) is 0.783. The van der Waals surface area contributed by atoms with Gasteiger partial charge in [-0.15, -0.1) is 0 Å². The molecule has 1 atom stereocenters. The molecule has 1 aromatic rings. The van der Waals surface area contributed by atoms with Gasteiger partial charge >= 0.3 is 5.97 Å². The number of benzene rings is 1. The summed E-state index contributed by atoms with van der Waals surface area (Å²) in [7, 11) is 1.40. The first kappa shape index (κ1) is 14.0. The Balaban J connectivity index is 2.61. The van der Waals surface area contributed by atoms with E-state index in [2.05, 4.69) is 15.9 Å². The van der Waals surface area contributed by atoms with Gasteiger partial charge in [-0.1, -0.05) is 35.8 Å². The van der Waals surface area contributed by atoms with Crippen LogP contribution in [0.4, 0.5) is 0 Å². The maximum Gasteiger partial charge on any atom is 0.312 e. The molecule has 4 heteroatoms. The fourth-order valence-electron chi connectivity index (χ4n) is 1.43. The summed E-state index contributed by atoms with van der Waals surface area (Å²) in [6.07, 6.45) is 0. The highest BCUT2D eigenvalue weighted by molar-refractivity contribution is 9.10. The minimum atomic E-state index is -0.237. The maximum absolute atomic E-state index is 11.5. The van der Waals surface area contributed by atoms with Gasteiger partial charge in [-0.2, -0.15) is 0 Å². The fraction of sp³-hybridized carbons (Fsp3) is 0.462. The molecule has 0 aromatic heterocycles. The van der Waals surface area contributed by atoms with Crippen molar-refractivity contribution in [3.8, 4) is 5.75 Å². The van der Waals surface area contributed by atoms with E-state index in [0.29, 0.717) is 6.61 Å². The smallest absolute Gasteiger partial charge is 0.312 e. The number of carbonyl (C=O) groups is 1. The van der Waals surface area contributed by atoms with Crippen molar-refractivity contribution in [2.75, 3.05) is 13.7 Å². The van der Waals surface area contributed by atoms with Gasteiger partial charge in [-0.3, -0.25) is 4.79 Å². The fourth-order valence-corrected chi connectivity index (χ4v) is 1.81. The summed E-state index contributed by atoms with van der Waals surface area (Å²) in [5.41, 5.74) is 0. The van der Waals surface area contributed by atoms with E-state index in [4.69, 9.17) is 9.47 Å². The normalized spacial score (nSPS) is 12.3. The van der Waals surface area contributed by atoms with Gasteiger partial charge in [0.05, 0.1) is 13.0 Å². The van der Waals surface area contributed by atoms with Crippen LogP contribution in [0.1, 0.15) is 13.8 Å². The standard InChI is InChI=1S/C13H17BrO3/c1-9(2)12(13(15)16-3)8-17-11-6-4-5-10(14)7-11/h4-7,9,12H,8H2,1-3H3. The predicted octanol–water partition coefficient (Wildman–Crippen LogP) is 3.27. The molecule has 0 heterocycles. The van der Waals surface area contributed by atoms with Crippen LogP contribution in [0, 0.1) is 11.8 Å². The van der Waals surface area contributed by atoms with Crippen LogP contribution in [0.25, 0.3) is 0 Å². The highest BCUT2D eigenvalue weighted by atomic mass is 79.9. The van der Waals surface area contributed by atoms with Crippen LogP contribution in [0.15, 0.2) is 28.7 Å². The van der Waals surface area contributed by atoms with Gasteiger partial charge < -0.3 is 9.47 Å². The van der Waals surface area contributed by atoms with Crippen LogP contribution >= 0.6 is 15.9 Å².